The van der Waals surface area contributed by atoms with Crippen molar-refractivity contribution < 1.29 is 19.1 Å². The third-order valence-corrected chi connectivity index (χ3v) is 5.16. The van der Waals surface area contributed by atoms with E-state index in [1.165, 1.54) is 12.0 Å². The summed E-state index contributed by atoms with van der Waals surface area (Å²) in [5, 5.41) is 3.00. The van der Waals surface area contributed by atoms with E-state index in [0.717, 1.165) is 17.5 Å². The highest BCUT2D eigenvalue weighted by Crippen LogP contribution is 2.38. The number of rotatable bonds is 7. The maximum atomic E-state index is 12.8. The highest BCUT2D eigenvalue weighted by atomic mass is 35.5. The van der Waals surface area contributed by atoms with Crippen molar-refractivity contribution in [3.05, 3.63) is 63.8 Å². The summed E-state index contributed by atoms with van der Waals surface area (Å²) in [5.41, 5.74) is 2.79. The number of ether oxygens (including phenoxy) is 2. The van der Waals surface area contributed by atoms with Crippen molar-refractivity contribution in [1.29, 1.82) is 0 Å². The molecule has 6 nitrogen and oxygen atoms in total. The van der Waals surface area contributed by atoms with Gasteiger partial charge < -0.3 is 14.8 Å². The summed E-state index contributed by atoms with van der Waals surface area (Å²) in [6.07, 6.45) is 2.38. The van der Waals surface area contributed by atoms with Crippen LogP contribution < -0.4 is 14.8 Å². The molecule has 0 bridgehead atoms. The van der Waals surface area contributed by atoms with Crippen molar-refractivity contribution in [2.75, 3.05) is 7.11 Å². The van der Waals surface area contributed by atoms with Gasteiger partial charge in [0.25, 0.3) is 5.91 Å². The number of urea groups is 1. The molecule has 0 unspecified atom stereocenters. The Balaban J connectivity index is 1.84. The molecule has 0 saturated carbocycles. The SMILES string of the molecule is CC[C@H](C)Oc1c(Cl)cc(/C=C2/NC(=O)N(Cc3ccc(C)cc3)C2=O)cc1OC. The van der Waals surface area contributed by atoms with E-state index in [2.05, 4.69) is 5.32 Å². The number of hydrogen-bond acceptors (Lipinski definition) is 4. The lowest BCUT2D eigenvalue weighted by molar-refractivity contribution is -0.123. The van der Waals surface area contributed by atoms with Crippen LogP contribution in [-0.2, 0) is 11.3 Å². The number of carbonyl (C=O) groups is 2. The Kier molecular flexibility index (Phi) is 6.67. The fourth-order valence-electron chi connectivity index (χ4n) is 2.98. The average Bonchev–Trinajstić information content (AvgIpc) is 2.98. The average molecular weight is 429 g/mol. The largest absolute Gasteiger partial charge is 0.493 e. The number of nitrogens with one attached hydrogen (secondary N) is 1. The predicted molar refractivity (Wildman–Crippen MR) is 117 cm³/mol. The van der Waals surface area contributed by atoms with Crippen molar-refractivity contribution >= 4 is 29.6 Å². The molecule has 3 amide bonds. The minimum absolute atomic E-state index is 0.0216. The first kappa shape index (κ1) is 21.7. The lowest BCUT2D eigenvalue weighted by atomic mass is 10.1. The van der Waals surface area contributed by atoms with E-state index in [-0.39, 0.29) is 18.3 Å². The van der Waals surface area contributed by atoms with Crippen LogP contribution in [0.4, 0.5) is 4.79 Å². The van der Waals surface area contributed by atoms with Gasteiger partial charge in [-0.3, -0.25) is 9.69 Å². The van der Waals surface area contributed by atoms with Gasteiger partial charge >= 0.3 is 6.03 Å². The number of hydrogen-bond donors (Lipinski definition) is 1. The fraction of sp³-hybridized carbons (Fsp3) is 0.304. The van der Waals surface area contributed by atoms with E-state index in [9.17, 15) is 9.59 Å². The van der Waals surface area contributed by atoms with Gasteiger partial charge in [-0.2, -0.15) is 0 Å². The molecule has 1 fully saturated rings. The molecule has 7 heteroatoms. The number of imide groups is 1. The molecular formula is C23H25ClN2O4. The number of benzene rings is 2. The summed E-state index contributed by atoms with van der Waals surface area (Å²) in [4.78, 5) is 26.3. The molecule has 1 saturated heterocycles. The predicted octanol–water partition coefficient (Wildman–Crippen LogP) is 4.93. The third kappa shape index (κ3) is 4.76. The Morgan fingerprint density at radius 2 is 1.90 bits per heavy atom. The van der Waals surface area contributed by atoms with E-state index >= 15 is 0 Å². The summed E-state index contributed by atoms with van der Waals surface area (Å²) in [7, 11) is 1.53. The highest BCUT2D eigenvalue weighted by Gasteiger charge is 2.33. The van der Waals surface area contributed by atoms with Crippen LogP contribution in [0, 0.1) is 6.92 Å². The quantitative estimate of drug-likeness (QED) is 0.501. The maximum Gasteiger partial charge on any atom is 0.329 e. The first-order valence-electron chi connectivity index (χ1n) is 9.76. The minimum atomic E-state index is -0.457. The van der Waals surface area contributed by atoms with Crippen molar-refractivity contribution in [2.45, 2.75) is 39.8 Å². The topological polar surface area (TPSA) is 67.9 Å². The molecule has 0 aliphatic carbocycles. The van der Waals surface area contributed by atoms with Crippen LogP contribution in [0.3, 0.4) is 0 Å². The Morgan fingerprint density at radius 3 is 2.53 bits per heavy atom. The molecule has 0 radical (unpaired) electrons. The number of amides is 3. The lowest BCUT2D eigenvalue weighted by Crippen LogP contribution is -2.30. The normalized spacial score (nSPS) is 16.0. The van der Waals surface area contributed by atoms with Crippen LogP contribution in [0.15, 0.2) is 42.1 Å². The Labute approximate surface area is 181 Å². The summed E-state index contributed by atoms with van der Waals surface area (Å²) >= 11 is 6.40. The Morgan fingerprint density at radius 1 is 1.20 bits per heavy atom. The molecule has 1 atom stereocenters. The number of aryl methyl sites for hydroxylation is 1. The van der Waals surface area contributed by atoms with Gasteiger partial charge in [-0.15, -0.1) is 0 Å². The first-order valence-corrected chi connectivity index (χ1v) is 10.1. The summed E-state index contributed by atoms with van der Waals surface area (Å²) in [5.74, 6) is 0.525. The van der Waals surface area contributed by atoms with Crippen LogP contribution in [0.5, 0.6) is 11.5 Å². The van der Waals surface area contributed by atoms with Gasteiger partial charge in [0.05, 0.1) is 24.8 Å². The zero-order valence-electron chi connectivity index (χ0n) is 17.5. The van der Waals surface area contributed by atoms with Gasteiger partial charge in [0.15, 0.2) is 11.5 Å². The standard InChI is InChI=1S/C23H25ClN2O4/c1-5-15(3)30-21-18(24)10-17(12-20(21)29-4)11-19-22(27)26(23(28)25-19)13-16-8-6-14(2)7-9-16/h6-12,15H,5,13H2,1-4H3,(H,25,28)/b19-11+/t15-/m0/s1. The molecule has 1 aliphatic rings. The first-order chi connectivity index (χ1) is 14.3. The van der Waals surface area contributed by atoms with Crippen LogP contribution in [0.25, 0.3) is 6.08 Å². The second-order valence-corrected chi connectivity index (χ2v) is 7.64. The van der Waals surface area contributed by atoms with E-state index < -0.39 is 11.9 Å². The smallest absolute Gasteiger partial charge is 0.329 e. The van der Waals surface area contributed by atoms with E-state index in [4.69, 9.17) is 21.1 Å². The molecule has 1 N–H and O–H groups in total. The Hall–Kier alpha value is -2.99. The molecule has 2 aromatic carbocycles. The Bertz CT molecular complexity index is 985. The van der Waals surface area contributed by atoms with Crippen molar-refractivity contribution in [2.24, 2.45) is 0 Å². The number of halogens is 1. The molecule has 158 valence electrons. The lowest BCUT2D eigenvalue weighted by Gasteiger charge is -2.17. The fourth-order valence-corrected chi connectivity index (χ4v) is 3.24. The van der Waals surface area contributed by atoms with Crippen LogP contribution in [0.2, 0.25) is 5.02 Å². The molecule has 30 heavy (non-hydrogen) atoms. The summed E-state index contributed by atoms with van der Waals surface area (Å²) < 4.78 is 11.3. The zero-order chi connectivity index (χ0) is 21.8. The molecule has 1 heterocycles. The molecule has 0 spiro atoms. The number of methoxy groups -OCH3 is 1. The van der Waals surface area contributed by atoms with E-state index in [0.29, 0.717) is 22.1 Å². The molecule has 0 aromatic heterocycles. The van der Waals surface area contributed by atoms with Crippen molar-refractivity contribution in [1.82, 2.24) is 10.2 Å². The highest BCUT2D eigenvalue weighted by molar-refractivity contribution is 6.32. The molecule has 1 aliphatic heterocycles. The van der Waals surface area contributed by atoms with Crippen molar-refractivity contribution in [3.8, 4) is 11.5 Å². The second-order valence-electron chi connectivity index (χ2n) is 7.24. The minimum Gasteiger partial charge on any atom is -0.493 e. The third-order valence-electron chi connectivity index (χ3n) is 4.88. The van der Waals surface area contributed by atoms with Gasteiger partial charge in [-0.1, -0.05) is 48.4 Å². The van der Waals surface area contributed by atoms with Crippen LogP contribution >= 0.6 is 11.6 Å². The van der Waals surface area contributed by atoms with Gasteiger partial charge in [-0.05, 0) is 49.6 Å². The number of nitrogens with zero attached hydrogens (tertiary/aromatic N) is 1. The maximum absolute atomic E-state index is 12.8. The second kappa shape index (κ2) is 9.22. The molecular weight excluding hydrogens is 404 g/mol. The van der Waals surface area contributed by atoms with E-state index in [1.54, 1.807) is 18.2 Å². The van der Waals surface area contributed by atoms with E-state index in [1.807, 2.05) is 45.0 Å². The molecule has 3 rings (SSSR count). The van der Waals surface area contributed by atoms with Crippen LogP contribution in [0.1, 0.15) is 37.0 Å². The number of carbonyl (C=O) groups excluding carboxylic acids is 2. The van der Waals surface area contributed by atoms with Gasteiger partial charge in [-0.25, -0.2) is 4.79 Å². The monoisotopic (exact) mass is 428 g/mol. The summed E-state index contributed by atoms with van der Waals surface area (Å²) in [6, 6.07) is 10.6. The zero-order valence-corrected chi connectivity index (χ0v) is 18.2. The van der Waals surface area contributed by atoms with Gasteiger partial charge in [0.2, 0.25) is 0 Å². The van der Waals surface area contributed by atoms with Crippen LogP contribution in [-0.4, -0.2) is 30.1 Å². The van der Waals surface area contributed by atoms with Gasteiger partial charge in [0, 0.05) is 0 Å². The summed E-state index contributed by atoms with van der Waals surface area (Å²) in [6.45, 7) is 6.15. The van der Waals surface area contributed by atoms with Crippen molar-refractivity contribution in [3.63, 3.8) is 0 Å². The molecule has 2 aromatic rings. The van der Waals surface area contributed by atoms with Gasteiger partial charge in [0.1, 0.15) is 5.70 Å².